The lowest BCUT2D eigenvalue weighted by atomic mass is 10.1. The van der Waals surface area contributed by atoms with E-state index in [0.29, 0.717) is 17.2 Å². The van der Waals surface area contributed by atoms with Crippen LogP contribution in [0, 0.1) is 0 Å². The largest absolute Gasteiger partial charge is 0.337 e. The topological polar surface area (TPSA) is 55.9 Å². The van der Waals surface area contributed by atoms with Crippen LogP contribution in [0.4, 0.5) is 5.69 Å². The SMILES string of the molecule is CN(C(=O)c1cccc(C(=O)N2CCC(N3CCNCC3)C2)c1)c1ccccc1.Cl. The lowest BCUT2D eigenvalue weighted by Gasteiger charge is -2.32. The predicted molar refractivity (Wildman–Crippen MR) is 122 cm³/mol. The molecule has 2 amide bonds. The summed E-state index contributed by atoms with van der Waals surface area (Å²) in [5.74, 6) is -0.106. The first-order valence-electron chi connectivity index (χ1n) is 10.3. The molecule has 30 heavy (non-hydrogen) atoms. The molecule has 1 N–H and O–H groups in total. The fourth-order valence-electron chi connectivity index (χ4n) is 4.20. The number of carbonyl (C=O) groups excluding carboxylic acids is 2. The van der Waals surface area contributed by atoms with E-state index in [2.05, 4.69) is 10.2 Å². The van der Waals surface area contributed by atoms with Gasteiger partial charge >= 0.3 is 0 Å². The minimum absolute atomic E-state index is 0. The summed E-state index contributed by atoms with van der Waals surface area (Å²) in [4.78, 5) is 32.0. The number of likely N-dealkylation sites (tertiary alicyclic amines) is 1. The summed E-state index contributed by atoms with van der Waals surface area (Å²) in [6, 6.07) is 17.1. The van der Waals surface area contributed by atoms with Crippen molar-refractivity contribution in [2.75, 3.05) is 51.2 Å². The molecule has 2 aromatic rings. The lowest BCUT2D eigenvalue weighted by molar-refractivity contribution is 0.0773. The normalized spacial score (nSPS) is 19.2. The average Bonchev–Trinajstić information content (AvgIpc) is 3.29. The maximum atomic E-state index is 13.1. The van der Waals surface area contributed by atoms with E-state index in [9.17, 15) is 9.59 Å². The number of benzene rings is 2. The van der Waals surface area contributed by atoms with Gasteiger partial charge in [0.2, 0.25) is 0 Å². The number of hydrogen-bond acceptors (Lipinski definition) is 4. The van der Waals surface area contributed by atoms with Crippen LogP contribution in [0.15, 0.2) is 54.6 Å². The van der Waals surface area contributed by atoms with E-state index in [1.165, 1.54) is 0 Å². The molecule has 7 heteroatoms. The fourth-order valence-corrected chi connectivity index (χ4v) is 4.20. The number of nitrogens with zero attached hydrogens (tertiary/aromatic N) is 3. The van der Waals surface area contributed by atoms with E-state index in [1.807, 2.05) is 35.2 Å². The highest BCUT2D eigenvalue weighted by Gasteiger charge is 2.31. The van der Waals surface area contributed by atoms with Gasteiger partial charge in [-0.25, -0.2) is 0 Å². The van der Waals surface area contributed by atoms with Gasteiger partial charge in [0.25, 0.3) is 11.8 Å². The van der Waals surface area contributed by atoms with Gasteiger partial charge in [0.15, 0.2) is 0 Å². The van der Waals surface area contributed by atoms with Crippen LogP contribution in [0.25, 0.3) is 0 Å². The molecule has 2 fully saturated rings. The Morgan fingerprint density at radius 3 is 2.40 bits per heavy atom. The van der Waals surface area contributed by atoms with E-state index in [4.69, 9.17) is 0 Å². The Morgan fingerprint density at radius 2 is 1.67 bits per heavy atom. The first kappa shape index (κ1) is 22.3. The van der Waals surface area contributed by atoms with Gasteiger partial charge in [-0.1, -0.05) is 24.3 Å². The molecule has 0 bridgehead atoms. The monoisotopic (exact) mass is 428 g/mol. The number of hydrogen-bond donors (Lipinski definition) is 1. The Morgan fingerprint density at radius 1 is 0.967 bits per heavy atom. The van der Waals surface area contributed by atoms with Gasteiger partial charge < -0.3 is 15.1 Å². The molecule has 4 rings (SSSR count). The second-order valence-electron chi connectivity index (χ2n) is 7.76. The molecule has 0 aliphatic carbocycles. The first-order chi connectivity index (χ1) is 14.1. The summed E-state index contributed by atoms with van der Waals surface area (Å²) in [7, 11) is 1.75. The number of amides is 2. The zero-order valence-corrected chi connectivity index (χ0v) is 18.1. The molecule has 2 heterocycles. The van der Waals surface area contributed by atoms with Gasteiger partial charge in [0, 0.05) is 69.2 Å². The minimum atomic E-state index is -0.119. The molecule has 0 aromatic heterocycles. The maximum absolute atomic E-state index is 13.1. The molecule has 0 saturated carbocycles. The molecule has 1 atom stereocenters. The number of halogens is 1. The van der Waals surface area contributed by atoms with Gasteiger partial charge in [0.05, 0.1) is 0 Å². The van der Waals surface area contributed by atoms with E-state index in [0.717, 1.165) is 51.4 Å². The smallest absolute Gasteiger partial charge is 0.258 e. The summed E-state index contributed by atoms with van der Waals surface area (Å²) < 4.78 is 0. The van der Waals surface area contributed by atoms with Gasteiger partial charge in [0.1, 0.15) is 0 Å². The molecule has 160 valence electrons. The van der Waals surface area contributed by atoms with Crippen molar-refractivity contribution in [3.8, 4) is 0 Å². The molecular weight excluding hydrogens is 400 g/mol. The van der Waals surface area contributed by atoms with Crippen LogP contribution in [0.2, 0.25) is 0 Å². The molecule has 1 unspecified atom stereocenters. The molecule has 2 aromatic carbocycles. The first-order valence-corrected chi connectivity index (χ1v) is 10.3. The third kappa shape index (κ3) is 4.83. The summed E-state index contributed by atoms with van der Waals surface area (Å²) >= 11 is 0. The van der Waals surface area contributed by atoms with Crippen LogP contribution in [0.3, 0.4) is 0 Å². The van der Waals surface area contributed by atoms with Crippen molar-refractivity contribution in [2.24, 2.45) is 0 Å². The van der Waals surface area contributed by atoms with Crippen LogP contribution in [-0.4, -0.2) is 74.0 Å². The summed E-state index contributed by atoms with van der Waals surface area (Å²) in [5, 5.41) is 3.38. The van der Waals surface area contributed by atoms with Crippen molar-refractivity contribution < 1.29 is 9.59 Å². The highest BCUT2D eigenvalue weighted by Crippen LogP contribution is 2.20. The van der Waals surface area contributed by atoms with Crippen molar-refractivity contribution in [3.63, 3.8) is 0 Å². The second-order valence-corrected chi connectivity index (χ2v) is 7.76. The van der Waals surface area contributed by atoms with Gasteiger partial charge in [-0.3, -0.25) is 14.5 Å². The summed E-state index contributed by atoms with van der Waals surface area (Å²) in [5.41, 5.74) is 1.94. The molecule has 0 radical (unpaired) electrons. The van der Waals surface area contributed by atoms with E-state index in [1.54, 1.807) is 36.2 Å². The van der Waals surface area contributed by atoms with Crippen LogP contribution in [0.5, 0.6) is 0 Å². The molecule has 6 nitrogen and oxygen atoms in total. The van der Waals surface area contributed by atoms with E-state index < -0.39 is 0 Å². The van der Waals surface area contributed by atoms with Gasteiger partial charge in [-0.2, -0.15) is 0 Å². The summed E-state index contributed by atoms with van der Waals surface area (Å²) in [6.45, 7) is 5.66. The van der Waals surface area contributed by atoms with Crippen molar-refractivity contribution in [3.05, 3.63) is 65.7 Å². The van der Waals surface area contributed by atoms with Crippen LogP contribution < -0.4 is 10.2 Å². The van der Waals surface area contributed by atoms with Gasteiger partial charge in [-0.05, 0) is 36.8 Å². The van der Waals surface area contributed by atoms with Crippen molar-refractivity contribution in [2.45, 2.75) is 12.5 Å². The summed E-state index contributed by atoms with van der Waals surface area (Å²) in [6.07, 6.45) is 1.01. The van der Waals surface area contributed by atoms with Gasteiger partial charge in [-0.15, -0.1) is 12.4 Å². The number of anilines is 1. The van der Waals surface area contributed by atoms with Crippen molar-refractivity contribution in [1.82, 2.24) is 15.1 Å². The van der Waals surface area contributed by atoms with Crippen LogP contribution in [-0.2, 0) is 0 Å². The number of nitrogens with one attached hydrogen (secondary N) is 1. The van der Waals surface area contributed by atoms with Crippen LogP contribution in [0.1, 0.15) is 27.1 Å². The highest BCUT2D eigenvalue weighted by atomic mass is 35.5. The average molecular weight is 429 g/mol. The Kier molecular flexibility index (Phi) is 7.48. The number of para-hydroxylation sites is 1. The maximum Gasteiger partial charge on any atom is 0.258 e. The molecule has 2 aliphatic rings. The molecule has 2 aliphatic heterocycles. The lowest BCUT2D eigenvalue weighted by Crippen LogP contribution is -2.49. The molecule has 2 saturated heterocycles. The molecular formula is C23H29ClN4O2. The van der Waals surface area contributed by atoms with E-state index in [-0.39, 0.29) is 24.2 Å². The third-order valence-electron chi connectivity index (χ3n) is 5.92. The minimum Gasteiger partial charge on any atom is -0.337 e. The quantitative estimate of drug-likeness (QED) is 0.813. The number of piperazine rings is 1. The Hall–Kier alpha value is -2.41. The Bertz CT molecular complexity index is 871. The van der Waals surface area contributed by atoms with E-state index >= 15 is 0 Å². The number of carbonyl (C=O) groups is 2. The Labute approximate surface area is 184 Å². The standard InChI is InChI=1S/C23H28N4O2.ClH/c1-25(20-8-3-2-4-9-20)22(28)18-6-5-7-19(16-18)23(29)27-13-10-21(17-27)26-14-11-24-12-15-26;/h2-9,16,21,24H,10-15,17H2,1H3;1H. The fraction of sp³-hybridized carbons (Fsp3) is 0.391. The molecule has 0 spiro atoms. The zero-order chi connectivity index (χ0) is 20.2. The van der Waals surface area contributed by atoms with Crippen molar-refractivity contribution >= 4 is 29.9 Å². The third-order valence-corrected chi connectivity index (χ3v) is 5.92. The predicted octanol–water partition coefficient (Wildman–Crippen LogP) is 2.50. The van der Waals surface area contributed by atoms with Crippen LogP contribution >= 0.6 is 12.4 Å². The highest BCUT2D eigenvalue weighted by molar-refractivity contribution is 6.07. The zero-order valence-electron chi connectivity index (χ0n) is 17.3. The second kappa shape index (κ2) is 10.1. The Balaban J connectivity index is 0.00000256. The van der Waals surface area contributed by atoms with Crippen molar-refractivity contribution in [1.29, 1.82) is 0 Å². The number of rotatable bonds is 4.